The van der Waals surface area contributed by atoms with E-state index in [0.29, 0.717) is 6.47 Å². The van der Waals surface area contributed by atoms with Crippen LogP contribution in [0.15, 0.2) is 65.5 Å². The summed E-state index contributed by atoms with van der Waals surface area (Å²) in [7, 11) is 3.61. The van der Waals surface area contributed by atoms with Gasteiger partial charge in [0.2, 0.25) is 0 Å². The third-order valence-electron chi connectivity index (χ3n) is 5.06. The fourth-order valence-electron chi connectivity index (χ4n) is 3.54. The number of aromatic nitrogens is 3. The van der Waals surface area contributed by atoms with Crippen molar-refractivity contribution in [3.63, 3.8) is 0 Å². The van der Waals surface area contributed by atoms with Gasteiger partial charge >= 0.3 is 0 Å². The van der Waals surface area contributed by atoms with Crippen LogP contribution >= 0.6 is 15.9 Å². The number of hydrogen-bond acceptors (Lipinski definition) is 6. The number of ether oxygens (including phenoxy) is 2. The van der Waals surface area contributed by atoms with Gasteiger partial charge in [-0.25, -0.2) is 4.68 Å². The van der Waals surface area contributed by atoms with Gasteiger partial charge in [-0.1, -0.05) is 34.1 Å². The van der Waals surface area contributed by atoms with E-state index in [1.165, 1.54) is 5.56 Å². The smallest absolute Gasteiger partial charge is 0.293 e. The van der Waals surface area contributed by atoms with Crippen LogP contribution < -0.4 is 5.32 Å². The van der Waals surface area contributed by atoms with Crippen molar-refractivity contribution in [1.29, 1.82) is 0 Å². The molecule has 35 heavy (non-hydrogen) atoms. The van der Waals surface area contributed by atoms with Crippen molar-refractivity contribution in [2.75, 3.05) is 19.5 Å². The summed E-state index contributed by atoms with van der Waals surface area (Å²) in [5, 5.41) is 8.25. The number of methoxy groups -OCH3 is 1. The largest absolute Gasteiger partial charge is 0.505 e. The van der Waals surface area contributed by atoms with E-state index < -0.39 is 0 Å². The van der Waals surface area contributed by atoms with Crippen LogP contribution in [0.4, 0.5) is 5.82 Å². The first-order valence-corrected chi connectivity index (χ1v) is 12.3. The van der Waals surface area contributed by atoms with E-state index in [1.54, 1.807) is 13.4 Å². The SMILES string of the molecule is CC(C)(C)OC=O.CCn1nc(-c2ccccn2)c(C(C/C=C/OC)c2ccc(Br)cc2)c1NC. The number of aryl methyl sites for hydroxylation is 1. The van der Waals surface area contributed by atoms with Gasteiger partial charge in [-0.2, -0.15) is 5.10 Å². The molecule has 0 radical (unpaired) electrons. The Morgan fingerprint density at radius 3 is 2.37 bits per heavy atom. The third-order valence-corrected chi connectivity index (χ3v) is 5.59. The lowest BCUT2D eigenvalue weighted by Gasteiger charge is -2.19. The van der Waals surface area contributed by atoms with Crippen LogP contribution in [0.3, 0.4) is 0 Å². The number of carbonyl (C=O) groups is 1. The van der Waals surface area contributed by atoms with Crippen molar-refractivity contribution in [3.05, 3.63) is 76.6 Å². The molecule has 1 unspecified atom stereocenters. The number of carbonyl (C=O) groups excluding carboxylic acids is 1. The minimum atomic E-state index is -0.318. The Morgan fingerprint density at radius 1 is 1.17 bits per heavy atom. The summed E-state index contributed by atoms with van der Waals surface area (Å²) in [4.78, 5) is 14.2. The minimum Gasteiger partial charge on any atom is -0.505 e. The number of pyridine rings is 1. The van der Waals surface area contributed by atoms with Crippen molar-refractivity contribution in [2.45, 2.75) is 52.2 Å². The molecule has 0 aliphatic carbocycles. The second-order valence-electron chi connectivity index (χ2n) is 8.67. The van der Waals surface area contributed by atoms with Crippen LogP contribution in [-0.4, -0.2) is 41.0 Å². The maximum Gasteiger partial charge on any atom is 0.293 e. The van der Waals surface area contributed by atoms with Gasteiger partial charge in [0, 0.05) is 35.7 Å². The van der Waals surface area contributed by atoms with Gasteiger partial charge in [0.1, 0.15) is 17.1 Å². The van der Waals surface area contributed by atoms with Crippen molar-refractivity contribution in [1.82, 2.24) is 14.8 Å². The van der Waals surface area contributed by atoms with Gasteiger partial charge in [0.25, 0.3) is 6.47 Å². The zero-order chi connectivity index (χ0) is 25.8. The molecule has 188 valence electrons. The first-order valence-electron chi connectivity index (χ1n) is 11.5. The highest BCUT2D eigenvalue weighted by molar-refractivity contribution is 9.10. The van der Waals surface area contributed by atoms with Crippen molar-refractivity contribution in [3.8, 4) is 11.4 Å². The molecule has 0 spiro atoms. The molecule has 0 amide bonds. The van der Waals surface area contributed by atoms with Crippen LogP contribution in [0.5, 0.6) is 0 Å². The predicted octanol–water partition coefficient (Wildman–Crippen LogP) is 6.41. The first-order chi connectivity index (χ1) is 16.8. The molecule has 0 saturated carbocycles. The Bertz CT molecular complexity index is 1070. The monoisotopic (exact) mass is 542 g/mol. The molecule has 0 aliphatic heterocycles. The molecule has 2 heterocycles. The second-order valence-corrected chi connectivity index (χ2v) is 9.58. The maximum absolute atomic E-state index is 9.60. The van der Waals surface area contributed by atoms with Crippen LogP contribution in [-0.2, 0) is 20.8 Å². The molecule has 0 bridgehead atoms. The zero-order valence-corrected chi connectivity index (χ0v) is 22.9. The fourth-order valence-corrected chi connectivity index (χ4v) is 3.80. The lowest BCUT2D eigenvalue weighted by molar-refractivity contribution is -0.138. The summed E-state index contributed by atoms with van der Waals surface area (Å²) in [5.74, 6) is 1.13. The number of anilines is 1. The minimum absolute atomic E-state index is 0.110. The highest BCUT2D eigenvalue weighted by Crippen LogP contribution is 2.40. The number of benzene rings is 1. The normalized spacial score (nSPS) is 12.0. The summed E-state index contributed by atoms with van der Waals surface area (Å²) < 4.78 is 12.8. The van der Waals surface area contributed by atoms with Gasteiger partial charge in [-0.05, 0) is 70.0 Å². The van der Waals surface area contributed by atoms with Crippen molar-refractivity contribution in [2.24, 2.45) is 0 Å². The van der Waals surface area contributed by atoms with Crippen molar-refractivity contribution >= 4 is 28.2 Å². The molecule has 7 nitrogen and oxygen atoms in total. The molecule has 2 aromatic heterocycles. The predicted molar refractivity (Wildman–Crippen MR) is 144 cm³/mol. The van der Waals surface area contributed by atoms with Crippen molar-refractivity contribution < 1.29 is 14.3 Å². The Morgan fingerprint density at radius 2 is 1.89 bits per heavy atom. The molecule has 0 fully saturated rings. The highest BCUT2D eigenvalue weighted by Gasteiger charge is 2.26. The van der Waals surface area contributed by atoms with Crippen LogP contribution in [0.25, 0.3) is 11.4 Å². The standard InChI is InChI=1S/C22H25BrN4O.C5H10O2/c1-4-27-22(24-2)20(21(26-27)19-9-5-6-14-25-19)18(8-7-15-28-3)16-10-12-17(23)13-11-16;1-5(2,3)7-4-6/h5-7,9-15,18,24H,4,8H2,1-3H3;4H,1-3H3/b15-7+;. The molecule has 1 N–H and O–H groups in total. The topological polar surface area (TPSA) is 78.3 Å². The summed E-state index contributed by atoms with van der Waals surface area (Å²) in [6.45, 7) is 8.79. The van der Waals surface area contributed by atoms with E-state index >= 15 is 0 Å². The van der Waals surface area contributed by atoms with E-state index in [-0.39, 0.29) is 11.5 Å². The van der Waals surface area contributed by atoms with Crippen LogP contribution in [0.1, 0.15) is 51.2 Å². The molecule has 1 atom stereocenters. The van der Waals surface area contributed by atoms with Gasteiger partial charge in [-0.3, -0.25) is 9.78 Å². The first kappa shape index (κ1) is 28.1. The number of hydrogen-bond donors (Lipinski definition) is 1. The molecular weight excluding hydrogens is 508 g/mol. The number of nitrogens with zero attached hydrogens (tertiary/aromatic N) is 3. The number of rotatable bonds is 9. The molecular formula is C27H35BrN4O3. The average Bonchev–Trinajstić information content (AvgIpc) is 3.21. The molecule has 3 rings (SSSR count). The zero-order valence-electron chi connectivity index (χ0n) is 21.3. The quantitative estimate of drug-likeness (QED) is 0.248. The highest BCUT2D eigenvalue weighted by atomic mass is 79.9. The maximum atomic E-state index is 9.60. The Kier molecular flexibility index (Phi) is 11.0. The van der Waals surface area contributed by atoms with Gasteiger partial charge in [0.15, 0.2) is 0 Å². The number of nitrogens with one attached hydrogen (secondary N) is 1. The second kappa shape index (κ2) is 13.7. The Hall–Kier alpha value is -3.13. The fraction of sp³-hybridized carbons (Fsp3) is 0.370. The molecule has 3 aromatic rings. The number of halogens is 1. The van der Waals surface area contributed by atoms with E-state index in [0.717, 1.165) is 40.2 Å². The number of allylic oxidation sites excluding steroid dienone is 1. The summed E-state index contributed by atoms with van der Waals surface area (Å²) >= 11 is 3.54. The molecule has 1 aromatic carbocycles. The Labute approximate surface area is 216 Å². The van der Waals surface area contributed by atoms with E-state index in [1.807, 2.05) is 56.9 Å². The summed E-state index contributed by atoms with van der Waals surface area (Å²) in [6, 6.07) is 14.4. The van der Waals surface area contributed by atoms with Crippen LogP contribution in [0.2, 0.25) is 0 Å². The Balaban J connectivity index is 0.000000540. The molecule has 0 saturated heterocycles. The van der Waals surface area contributed by atoms with E-state index in [4.69, 9.17) is 9.84 Å². The molecule has 8 heteroatoms. The third kappa shape index (κ3) is 8.24. The lowest BCUT2D eigenvalue weighted by Crippen LogP contribution is -2.17. The van der Waals surface area contributed by atoms with Crippen LogP contribution in [0, 0.1) is 0 Å². The van der Waals surface area contributed by atoms with Gasteiger partial charge < -0.3 is 14.8 Å². The summed E-state index contributed by atoms with van der Waals surface area (Å²) in [6.07, 6.45) is 6.38. The van der Waals surface area contributed by atoms with E-state index in [9.17, 15) is 4.79 Å². The lowest BCUT2D eigenvalue weighted by atomic mass is 9.87. The van der Waals surface area contributed by atoms with Gasteiger partial charge in [-0.15, -0.1) is 0 Å². The van der Waals surface area contributed by atoms with Gasteiger partial charge in [0.05, 0.1) is 19.1 Å². The average molecular weight is 544 g/mol. The van der Waals surface area contributed by atoms with E-state index in [2.05, 4.69) is 68.2 Å². The summed E-state index contributed by atoms with van der Waals surface area (Å²) in [5.41, 5.74) is 3.82. The molecule has 0 aliphatic rings.